The van der Waals surface area contributed by atoms with Gasteiger partial charge in [-0.15, -0.1) is 0 Å². The molecule has 0 rings (SSSR count). The number of hydrogen-bond acceptors (Lipinski definition) is 6. The summed E-state index contributed by atoms with van der Waals surface area (Å²) < 4.78 is 17.3. The minimum absolute atomic E-state index is 0.0481. The van der Waals surface area contributed by atoms with Crippen molar-refractivity contribution in [3.05, 3.63) is 60.8 Å². The number of carbonyl (C=O) groups excluding carboxylic acids is 2. The van der Waals surface area contributed by atoms with E-state index in [0.29, 0.717) is 19.3 Å². The molecule has 0 aliphatic rings. The molecule has 0 aliphatic heterocycles. The zero-order valence-electron chi connectivity index (χ0n) is 38.0. The number of esters is 2. The Morgan fingerprint density at radius 1 is 0.517 bits per heavy atom. The molecule has 0 radical (unpaired) electrons. The van der Waals surface area contributed by atoms with Gasteiger partial charge in [-0.3, -0.25) is 9.59 Å². The van der Waals surface area contributed by atoms with E-state index in [9.17, 15) is 19.5 Å². The van der Waals surface area contributed by atoms with Crippen LogP contribution in [0, 0.1) is 0 Å². The average Bonchev–Trinajstić information content (AvgIpc) is 3.18. The number of quaternary nitrogens is 1. The molecule has 0 saturated heterocycles. The fraction of sp³-hybridized carbons (Fsp3) is 0.740. The van der Waals surface area contributed by atoms with Crippen LogP contribution in [0.25, 0.3) is 0 Å². The van der Waals surface area contributed by atoms with Gasteiger partial charge in [-0.1, -0.05) is 164 Å². The van der Waals surface area contributed by atoms with Crippen LogP contribution in [-0.4, -0.2) is 80.6 Å². The van der Waals surface area contributed by atoms with Gasteiger partial charge in [-0.25, -0.2) is 4.79 Å². The third kappa shape index (κ3) is 38.5. The van der Waals surface area contributed by atoms with Gasteiger partial charge in [0.25, 0.3) is 0 Å². The third-order valence-electron chi connectivity index (χ3n) is 10.2. The van der Waals surface area contributed by atoms with Gasteiger partial charge in [-0.2, -0.15) is 0 Å². The second kappa shape index (κ2) is 40.8. The van der Waals surface area contributed by atoms with E-state index in [1.54, 1.807) is 0 Å². The van der Waals surface area contributed by atoms with E-state index in [-0.39, 0.29) is 36.2 Å². The number of likely N-dealkylation sites (N-methyl/N-ethyl adjacent to an activating group) is 1. The van der Waals surface area contributed by atoms with Crippen LogP contribution in [0.2, 0.25) is 0 Å². The summed E-state index contributed by atoms with van der Waals surface area (Å²) in [7, 11) is 5.51. The molecule has 0 aromatic heterocycles. The van der Waals surface area contributed by atoms with Crippen LogP contribution >= 0.6 is 0 Å². The summed E-state index contributed by atoms with van der Waals surface area (Å²) in [6, 6.07) is -0.622. The molecule has 0 bridgehead atoms. The van der Waals surface area contributed by atoms with E-state index < -0.39 is 18.1 Å². The van der Waals surface area contributed by atoms with E-state index in [0.717, 1.165) is 77.0 Å². The Balaban J connectivity index is 4.39. The number of carbonyl (C=O) groups is 3. The van der Waals surface area contributed by atoms with Gasteiger partial charge in [0.15, 0.2) is 12.1 Å². The molecule has 0 heterocycles. The number of unbranched alkanes of at least 4 members (excludes halogenated alkanes) is 20. The van der Waals surface area contributed by atoms with Gasteiger partial charge in [0.05, 0.1) is 34.4 Å². The van der Waals surface area contributed by atoms with Crippen molar-refractivity contribution in [2.24, 2.45) is 0 Å². The van der Waals surface area contributed by atoms with Crippen LogP contribution in [0.1, 0.15) is 187 Å². The predicted octanol–water partition coefficient (Wildman–Crippen LogP) is 13.0. The van der Waals surface area contributed by atoms with E-state index in [1.807, 2.05) is 21.1 Å². The molecular formula is C50H88NO7+. The Morgan fingerprint density at radius 2 is 0.931 bits per heavy atom. The molecule has 0 aliphatic carbocycles. The smallest absolute Gasteiger partial charge is 0.362 e. The molecule has 2 atom stereocenters. The van der Waals surface area contributed by atoms with Gasteiger partial charge in [0.1, 0.15) is 6.61 Å². The maximum atomic E-state index is 12.7. The first-order valence-corrected chi connectivity index (χ1v) is 23.4. The molecule has 8 heteroatoms. The summed E-state index contributed by atoms with van der Waals surface area (Å²) in [6.07, 6.45) is 49.7. The summed E-state index contributed by atoms with van der Waals surface area (Å²) in [5.74, 6) is -1.51. The van der Waals surface area contributed by atoms with E-state index >= 15 is 0 Å². The van der Waals surface area contributed by atoms with E-state index in [1.165, 1.54) is 77.0 Å². The number of nitrogens with zero attached hydrogens (tertiary/aromatic N) is 1. The van der Waals surface area contributed by atoms with Crippen LogP contribution in [0.3, 0.4) is 0 Å². The first kappa shape index (κ1) is 55.0. The minimum atomic E-state index is -0.881. The number of aliphatic carboxylic acids is 1. The average molecular weight is 815 g/mol. The Labute approximate surface area is 356 Å². The Hall–Kier alpha value is -2.97. The van der Waals surface area contributed by atoms with Crippen LogP contribution in [0.5, 0.6) is 0 Å². The third-order valence-corrected chi connectivity index (χ3v) is 10.2. The first-order chi connectivity index (χ1) is 28.1. The minimum Gasteiger partial charge on any atom is -0.477 e. The Bertz CT molecular complexity index is 1130. The zero-order chi connectivity index (χ0) is 42.8. The molecule has 1 N–H and O–H groups in total. The van der Waals surface area contributed by atoms with Gasteiger partial charge in [-0.05, 0) is 64.2 Å². The quantitative estimate of drug-likeness (QED) is 0.0216. The Kier molecular flexibility index (Phi) is 38.7. The first-order valence-electron chi connectivity index (χ1n) is 23.4. The molecule has 8 nitrogen and oxygen atoms in total. The van der Waals surface area contributed by atoms with Crippen molar-refractivity contribution in [1.82, 2.24) is 0 Å². The summed E-state index contributed by atoms with van der Waals surface area (Å²) >= 11 is 0. The van der Waals surface area contributed by atoms with Crippen molar-refractivity contribution < 1.29 is 38.2 Å². The normalized spacial score (nSPS) is 13.5. The summed E-state index contributed by atoms with van der Waals surface area (Å²) in [6.45, 7) is 4.66. The van der Waals surface area contributed by atoms with E-state index in [2.05, 4.69) is 74.6 Å². The molecule has 334 valence electrons. The van der Waals surface area contributed by atoms with Crippen molar-refractivity contribution in [1.29, 1.82) is 0 Å². The lowest BCUT2D eigenvalue weighted by Crippen LogP contribution is -2.50. The number of ether oxygens (including phenoxy) is 3. The highest BCUT2D eigenvalue weighted by Gasteiger charge is 2.31. The molecular weight excluding hydrogens is 727 g/mol. The standard InChI is InChI=1S/C50H87NO7/c1-6-8-10-12-14-16-18-20-22-24-25-27-28-30-32-34-36-38-40-48(52)57-45-46(44-56-43-42-47(50(54)55)51(3,4)5)58-49(53)41-39-37-35-33-31-29-26-23-21-19-17-15-13-11-9-7-2/h14,16,18,20,22-27,46-47H,6-13,15,17,19,21,28-45H2,1-5H3/p+1/b16-14+,20-18+,24-22+,26-23+,27-25+. The number of carboxylic acid groups (broad SMARTS) is 1. The molecule has 0 fully saturated rings. The van der Waals surface area contributed by atoms with Gasteiger partial charge < -0.3 is 23.8 Å². The monoisotopic (exact) mass is 815 g/mol. The highest BCUT2D eigenvalue weighted by molar-refractivity contribution is 5.72. The topological polar surface area (TPSA) is 99.1 Å². The molecule has 0 amide bonds. The Morgan fingerprint density at radius 3 is 1.43 bits per heavy atom. The van der Waals surface area contributed by atoms with Crippen LogP contribution in [0.15, 0.2) is 60.8 Å². The maximum absolute atomic E-state index is 12.7. The van der Waals surface area contributed by atoms with Crippen LogP contribution < -0.4 is 0 Å². The molecule has 0 spiro atoms. The van der Waals surface area contributed by atoms with Crippen molar-refractivity contribution in [3.8, 4) is 0 Å². The SMILES string of the molecule is CCCCC/C=C/C=C/C=C/C=C/CCCCCCCC(=O)OCC(COCCC(C(=O)O)[N+](C)(C)C)OC(=O)CCCCCCC/C=C/CCCCCCCCC. The highest BCUT2D eigenvalue weighted by atomic mass is 16.6. The lowest BCUT2D eigenvalue weighted by molar-refractivity contribution is -0.887. The second-order valence-corrected chi connectivity index (χ2v) is 16.7. The van der Waals surface area contributed by atoms with Gasteiger partial charge >= 0.3 is 17.9 Å². The largest absolute Gasteiger partial charge is 0.477 e. The number of allylic oxidation sites excluding steroid dienone is 10. The predicted molar refractivity (Wildman–Crippen MR) is 243 cm³/mol. The summed E-state index contributed by atoms with van der Waals surface area (Å²) in [5, 5.41) is 9.63. The van der Waals surface area contributed by atoms with Crippen molar-refractivity contribution >= 4 is 17.9 Å². The summed E-state index contributed by atoms with van der Waals surface area (Å²) in [4.78, 5) is 37.0. The number of rotatable bonds is 41. The van der Waals surface area contributed by atoms with Crippen molar-refractivity contribution in [2.45, 2.75) is 199 Å². The second-order valence-electron chi connectivity index (χ2n) is 16.7. The van der Waals surface area contributed by atoms with Crippen LogP contribution in [0.4, 0.5) is 0 Å². The number of carboxylic acids is 1. The molecule has 58 heavy (non-hydrogen) atoms. The molecule has 2 unspecified atom stereocenters. The van der Waals surface area contributed by atoms with Crippen LogP contribution in [-0.2, 0) is 28.6 Å². The van der Waals surface area contributed by atoms with Crippen molar-refractivity contribution in [2.75, 3.05) is 41.0 Å². The van der Waals surface area contributed by atoms with E-state index in [4.69, 9.17) is 14.2 Å². The molecule has 0 aromatic rings. The maximum Gasteiger partial charge on any atom is 0.362 e. The van der Waals surface area contributed by atoms with Crippen molar-refractivity contribution in [3.63, 3.8) is 0 Å². The lowest BCUT2D eigenvalue weighted by atomic mass is 10.1. The molecule has 0 saturated carbocycles. The fourth-order valence-electron chi connectivity index (χ4n) is 6.57. The zero-order valence-corrected chi connectivity index (χ0v) is 38.0. The van der Waals surface area contributed by atoms with Gasteiger partial charge in [0.2, 0.25) is 0 Å². The summed E-state index contributed by atoms with van der Waals surface area (Å²) in [5.41, 5.74) is 0. The lowest BCUT2D eigenvalue weighted by Gasteiger charge is -2.31. The fourth-order valence-corrected chi connectivity index (χ4v) is 6.57. The van der Waals surface area contributed by atoms with Gasteiger partial charge in [0, 0.05) is 19.3 Å². The molecule has 0 aromatic carbocycles. The highest BCUT2D eigenvalue weighted by Crippen LogP contribution is 2.14. The number of hydrogen-bond donors (Lipinski definition) is 1.